The number of nitrogens with one attached hydrogen (secondary N) is 1. The Bertz CT molecular complexity index is 934. The zero-order valence-corrected chi connectivity index (χ0v) is 17.0. The van der Waals surface area contributed by atoms with E-state index in [0.717, 1.165) is 34.3 Å². The van der Waals surface area contributed by atoms with Crippen LogP contribution in [-0.4, -0.2) is 34.4 Å². The first-order chi connectivity index (χ1) is 14.0. The van der Waals surface area contributed by atoms with Gasteiger partial charge in [-0.05, 0) is 62.2 Å². The second-order valence-electron chi connectivity index (χ2n) is 6.77. The lowest BCUT2D eigenvalue weighted by Gasteiger charge is -2.08. The van der Waals surface area contributed by atoms with Crippen LogP contribution < -0.4 is 14.8 Å². The maximum absolute atomic E-state index is 12.0. The van der Waals surface area contributed by atoms with Crippen molar-refractivity contribution in [2.75, 3.05) is 13.7 Å². The molecule has 0 spiro atoms. The Morgan fingerprint density at radius 3 is 2.48 bits per heavy atom. The minimum atomic E-state index is -0.00838. The van der Waals surface area contributed by atoms with Gasteiger partial charge in [-0.1, -0.05) is 6.07 Å². The van der Waals surface area contributed by atoms with Gasteiger partial charge in [-0.3, -0.25) is 4.79 Å². The van der Waals surface area contributed by atoms with Gasteiger partial charge in [-0.15, -0.1) is 0 Å². The smallest absolute Gasteiger partial charge is 0.220 e. The van der Waals surface area contributed by atoms with Crippen molar-refractivity contribution in [3.8, 4) is 17.3 Å². The molecule has 0 aliphatic heterocycles. The molecule has 7 heteroatoms. The third kappa shape index (κ3) is 5.81. The lowest BCUT2D eigenvalue weighted by atomic mass is 10.2. The van der Waals surface area contributed by atoms with Crippen molar-refractivity contribution in [3.05, 3.63) is 65.6 Å². The first-order valence-electron chi connectivity index (χ1n) is 9.57. The van der Waals surface area contributed by atoms with Gasteiger partial charge >= 0.3 is 0 Å². The van der Waals surface area contributed by atoms with Crippen molar-refractivity contribution >= 4 is 5.91 Å². The van der Waals surface area contributed by atoms with Crippen molar-refractivity contribution in [2.45, 2.75) is 33.2 Å². The van der Waals surface area contributed by atoms with Crippen LogP contribution in [0.1, 0.15) is 29.8 Å². The minimum absolute atomic E-state index is 0.00838. The van der Waals surface area contributed by atoms with Crippen molar-refractivity contribution < 1.29 is 14.3 Å². The maximum atomic E-state index is 12.0. The van der Waals surface area contributed by atoms with E-state index < -0.39 is 0 Å². The summed E-state index contributed by atoms with van der Waals surface area (Å²) in [5, 5.41) is 7.34. The summed E-state index contributed by atoms with van der Waals surface area (Å²) in [5.41, 5.74) is 2.93. The van der Waals surface area contributed by atoms with Crippen LogP contribution in [0.3, 0.4) is 0 Å². The molecule has 2 heterocycles. The van der Waals surface area contributed by atoms with E-state index in [-0.39, 0.29) is 5.91 Å². The SMILES string of the molecule is COc1ccc(OCCCC(=O)NCc2ccc(-n3nc(C)cc3C)nc2)cc1. The number of hydrogen-bond donors (Lipinski definition) is 1. The third-order valence-corrected chi connectivity index (χ3v) is 4.40. The second kappa shape index (κ2) is 9.73. The van der Waals surface area contributed by atoms with Crippen LogP contribution in [0.4, 0.5) is 0 Å². The summed E-state index contributed by atoms with van der Waals surface area (Å²) in [4.78, 5) is 16.5. The number of carbonyl (C=O) groups is 1. The van der Waals surface area contributed by atoms with Gasteiger partial charge in [0, 0.05) is 24.9 Å². The number of nitrogens with zero attached hydrogens (tertiary/aromatic N) is 3. The molecule has 0 aliphatic rings. The Kier molecular flexibility index (Phi) is 6.84. The molecule has 0 atom stereocenters. The van der Waals surface area contributed by atoms with Gasteiger partial charge in [0.25, 0.3) is 0 Å². The van der Waals surface area contributed by atoms with E-state index in [9.17, 15) is 4.79 Å². The molecule has 0 saturated carbocycles. The molecule has 0 radical (unpaired) electrons. The molecule has 0 saturated heterocycles. The van der Waals surface area contributed by atoms with Gasteiger partial charge < -0.3 is 14.8 Å². The monoisotopic (exact) mass is 394 g/mol. The lowest BCUT2D eigenvalue weighted by Crippen LogP contribution is -2.23. The van der Waals surface area contributed by atoms with Gasteiger partial charge in [-0.25, -0.2) is 9.67 Å². The zero-order chi connectivity index (χ0) is 20.6. The highest BCUT2D eigenvalue weighted by Gasteiger charge is 2.06. The zero-order valence-electron chi connectivity index (χ0n) is 17.0. The minimum Gasteiger partial charge on any atom is -0.497 e. The van der Waals surface area contributed by atoms with Gasteiger partial charge in [0.15, 0.2) is 5.82 Å². The summed E-state index contributed by atoms with van der Waals surface area (Å²) in [6.45, 7) is 4.88. The fourth-order valence-corrected chi connectivity index (χ4v) is 2.89. The number of ether oxygens (including phenoxy) is 2. The molecule has 3 aromatic rings. The average molecular weight is 394 g/mol. The number of benzene rings is 1. The van der Waals surface area contributed by atoms with Crippen LogP contribution in [0, 0.1) is 13.8 Å². The molecule has 0 fully saturated rings. The first-order valence-corrected chi connectivity index (χ1v) is 9.57. The van der Waals surface area contributed by atoms with Gasteiger partial charge in [-0.2, -0.15) is 5.10 Å². The number of rotatable bonds is 9. The Morgan fingerprint density at radius 2 is 1.86 bits per heavy atom. The largest absolute Gasteiger partial charge is 0.497 e. The van der Waals surface area contributed by atoms with Crippen LogP contribution in [0.2, 0.25) is 0 Å². The van der Waals surface area contributed by atoms with Crippen LogP contribution in [0.5, 0.6) is 11.5 Å². The average Bonchev–Trinajstić information content (AvgIpc) is 3.08. The molecule has 7 nitrogen and oxygen atoms in total. The molecule has 3 rings (SSSR count). The number of pyridine rings is 1. The summed E-state index contributed by atoms with van der Waals surface area (Å²) in [6.07, 6.45) is 2.82. The molecule has 29 heavy (non-hydrogen) atoms. The summed E-state index contributed by atoms with van der Waals surface area (Å²) in [6, 6.07) is 13.2. The maximum Gasteiger partial charge on any atom is 0.220 e. The summed E-state index contributed by atoms with van der Waals surface area (Å²) >= 11 is 0. The normalized spacial score (nSPS) is 10.6. The molecular weight excluding hydrogens is 368 g/mol. The Morgan fingerprint density at radius 1 is 1.10 bits per heavy atom. The molecule has 0 aliphatic carbocycles. The van der Waals surface area contributed by atoms with E-state index in [1.54, 1.807) is 18.0 Å². The Hall–Kier alpha value is -3.35. The molecule has 1 aromatic carbocycles. The van der Waals surface area contributed by atoms with Crippen LogP contribution in [-0.2, 0) is 11.3 Å². The van der Waals surface area contributed by atoms with Gasteiger partial charge in [0.2, 0.25) is 5.91 Å². The number of carbonyl (C=O) groups excluding carboxylic acids is 1. The number of amides is 1. The Labute approximate surface area is 170 Å². The predicted octanol–water partition coefficient (Wildman–Crippen LogP) is 3.37. The lowest BCUT2D eigenvalue weighted by molar-refractivity contribution is -0.121. The highest BCUT2D eigenvalue weighted by Crippen LogP contribution is 2.17. The standard InChI is InChI=1S/C22H26N4O3/c1-16-13-17(2)26(25-16)21-11-6-18(14-23-21)15-24-22(27)5-4-12-29-20-9-7-19(28-3)8-10-20/h6-11,13-14H,4-5,12,15H2,1-3H3,(H,24,27). The van der Waals surface area contributed by atoms with Gasteiger partial charge in [0.05, 0.1) is 19.4 Å². The van der Waals surface area contributed by atoms with E-state index in [1.165, 1.54) is 0 Å². The third-order valence-electron chi connectivity index (χ3n) is 4.40. The predicted molar refractivity (Wildman–Crippen MR) is 110 cm³/mol. The highest BCUT2D eigenvalue weighted by molar-refractivity contribution is 5.75. The summed E-state index contributed by atoms with van der Waals surface area (Å²) < 4.78 is 12.5. The van der Waals surface area contributed by atoms with Crippen LogP contribution >= 0.6 is 0 Å². The van der Waals surface area contributed by atoms with Crippen molar-refractivity contribution in [1.29, 1.82) is 0 Å². The van der Waals surface area contributed by atoms with E-state index >= 15 is 0 Å². The fourth-order valence-electron chi connectivity index (χ4n) is 2.89. The molecule has 0 unspecified atom stereocenters. The summed E-state index contributed by atoms with van der Waals surface area (Å²) in [7, 11) is 1.63. The summed E-state index contributed by atoms with van der Waals surface area (Å²) in [5.74, 6) is 2.31. The van der Waals surface area contributed by atoms with Crippen molar-refractivity contribution in [3.63, 3.8) is 0 Å². The van der Waals surface area contributed by atoms with Crippen molar-refractivity contribution in [1.82, 2.24) is 20.1 Å². The van der Waals surface area contributed by atoms with Gasteiger partial charge in [0.1, 0.15) is 11.5 Å². The van der Waals surface area contributed by atoms with E-state index in [2.05, 4.69) is 15.4 Å². The molecule has 152 valence electrons. The van der Waals surface area contributed by atoms with E-state index in [0.29, 0.717) is 26.0 Å². The quantitative estimate of drug-likeness (QED) is 0.563. The van der Waals surface area contributed by atoms with E-state index in [1.807, 2.05) is 56.3 Å². The number of methoxy groups -OCH3 is 1. The first kappa shape index (κ1) is 20.4. The highest BCUT2D eigenvalue weighted by atomic mass is 16.5. The molecule has 1 amide bonds. The molecule has 2 aromatic heterocycles. The number of aryl methyl sites for hydroxylation is 2. The van der Waals surface area contributed by atoms with Crippen LogP contribution in [0.25, 0.3) is 5.82 Å². The fraction of sp³-hybridized carbons (Fsp3) is 0.318. The second-order valence-corrected chi connectivity index (χ2v) is 6.77. The topological polar surface area (TPSA) is 78.3 Å². The number of hydrogen-bond acceptors (Lipinski definition) is 5. The number of aromatic nitrogens is 3. The van der Waals surface area contributed by atoms with Crippen molar-refractivity contribution in [2.24, 2.45) is 0 Å². The molecular formula is C22H26N4O3. The molecule has 1 N–H and O–H groups in total. The Balaban J connectivity index is 1.38. The van der Waals surface area contributed by atoms with E-state index in [4.69, 9.17) is 9.47 Å². The molecule has 0 bridgehead atoms. The van der Waals surface area contributed by atoms with Crippen LogP contribution in [0.15, 0.2) is 48.7 Å².